The minimum Gasteiger partial charge on any atom is -0.494 e. The maximum atomic E-state index is 12.7. The Morgan fingerprint density at radius 3 is 1.39 bits per heavy atom. The van der Waals surface area contributed by atoms with Crippen molar-refractivity contribution in [1.29, 1.82) is 0 Å². The number of benzene rings is 4. The van der Waals surface area contributed by atoms with Crippen molar-refractivity contribution in [3.8, 4) is 17.2 Å². The number of aryl methyl sites for hydroxylation is 1. The van der Waals surface area contributed by atoms with E-state index < -0.39 is 17.9 Å². The van der Waals surface area contributed by atoms with Crippen molar-refractivity contribution >= 4 is 29.3 Å². The Morgan fingerprint density at radius 2 is 0.981 bits per heavy atom. The van der Waals surface area contributed by atoms with Crippen molar-refractivity contribution in [2.24, 2.45) is 10.2 Å². The number of hydrogen-bond acceptors (Lipinski definition) is 9. The van der Waals surface area contributed by atoms with Crippen LogP contribution in [0.5, 0.6) is 17.2 Å². The van der Waals surface area contributed by atoms with Crippen LogP contribution in [0.2, 0.25) is 0 Å². The second-order valence-electron chi connectivity index (χ2n) is 11.8. The number of unbranched alkanes of at least 4 members (excludes halogenated alkanes) is 1. The van der Waals surface area contributed by atoms with Crippen molar-refractivity contribution in [2.75, 3.05) is 13.2 Å². The van der Waals surface area contributed by atoms with Gasteiger partial charge in [-0.25, -0.2) is 14.4 Å². The van der Waals surface area contributed by atoms with Gasteiger partial charge in [-0.15, -0.1) is 0 Å². The number of carbonyl (C=O) groups excluding carboxylic acids is 3. The quantitative estimate of drug-likeness (QED) is 0.0202. The van der Waals surface area contributed by atoms with Crippen LogP contribution in [-0.4, -0.2) is 42.5 Å². The van der Waals surface area contributed by atoms with Crippen molar-refractivity contribution < 1.29 is 33.3 Å². The average molecular weight is 731 g/mol. The van der Waals surface area contributed by atoms with Crippen LogP contribution in [0.1, 0.15) is 97.7 Å². The van der Waals surface area contributed by atoms with Gasteiger partial charge in [-0.2, -0.15) is 10.2 Å². The molecule has 0 N–H and O–H groups in total. The molecule has 0 aromatic heterocycles. The molecular weight excluding hydrogens is 681 g/mol. The lowest BCUT2D eigenvalue weighted by atomic mass is 10.1. The molecule has 282 valence electrons. The minimum atomic E-state index is -0.485. The van der Waals surface area contributed by atoms with E-state index in [9.17, 15) is 14.4 Å². The number of rotatable bonds is 17. The zero-order chi connectivity index (χ0) is 39.1. The third kappa shape index (κ3) is 14.1. The van der Waals surface area contributed by atoms with E-state index in [1.807, 2.05) is 76.2 Å². The summed E-state index contributed by atoms with van der Waals surface area (Å²) in [7, 11) is 0. The van der Waals surface area contributed by atoms with Gasteiger partial charge in [0.05, 0.1) is 35.8 Å². The zero-order valence-corrected chi connectivity index (χ0v) is 31.9. The molecule has 9 nitrogen and oxygen atoms in total. The average Bonchev–Trinajstić information content (AvgIpc) is 3.21. The number of esters is 3. The number of hydrogen-bond donors (Lipinski definition) is 0. The van der Waals surface area contributed by atoms with Gasteiger partial charge in [0.1, 0.15) is 17.2 Å². The lowest BCUT2D eigenvalue weighted by Gasteiger charge is -2.09. The zero-order valence-electron chi connectivity index (χ0n) is 31.9. The molecule has 0 saturated carbocycles. The maximum Gasteiger partial charge on any atom is 0.343 e. The summed E-state index contributed by atoms with van der Waals surface area (Å²) in [6.07, 6.45) is 8.72. The topological polar surface area (TPSA) is 113 Å². The van der Waals surface area contributed by atoms with Crippen LogP contribution in [0.15, 0.2) is 132 Å². The van der Waals surface area contributed by atoms with Crippen LogP contribution in [0, 0.1) is 0 Å². The summed E-state index contributed by atoms with van der Waals surface area (Å²) < 4.78 is 21.8. The normalized spacial score (nSPS) is 11.3. The summed E-state index contributed by atoms with van der Waals surface area (Å²) in [5, 5.41) is 9.11. The van der Waals surface area contributed by atoms with E-state index in [-0.39, 0.29) is 0 Å². The van der Waals surface area contributed by atoms with Gasteiger partial charge in [-0.3, -0.25) is 0 Å². The fraction of sp³-hybridized carbons (Fsp3) is 0.267. The van der Waals surface area contributed by atoms with E-state index in [0.29, 0.717) is 67.3 Å². The highest BCUT2D eigenvalue weighted by atomic mass is 16.5. The van der Waals surface area contributed by atoms with Crippen molar-refractivity contribution in [1.82, 2.24) is 0 Å². The summed E-state index contributed by atoms with van der Waals surface area (Å²) in [4.78, 5) is 36.3. The van der Waals surface area contributed by atoms with E-state index in [1.54, 1.807) is 60.7 Å². The SMILES string of the molecule is C/C=C\C.C=CC(=O)OCCCCOc1ccc(C(=O)Oc2ccc(/C(CC)=N/N=C(\CC)c3ccc(OC(=O)c4ccc(CC)cc4)cc3)cc2)cc1. The molecule has 0 heterocycles. The number of nitrogens with zero attached hydrogens (tertiary/aromatic N) is 2. The van der Waals surface area contributed by atoms with Gasteiger partial charge in [0, 0.05) is 6.08 Å². The number of carbonyl (C=O) groups is 3. The number of allylic oxidation sites excluding steroid dienone is 2. The fourth-order valence-corrected chi connectivity index (χ4v) is 4.74. The minimum absolute atomic E-state index is 0.313. The Morgan fingerprint density at radius 1 is 0.574 bits per heavy atom. The Balaban J connectivity index is 0.00000186. The first kappa shape index (κ1) is 42.3. The molecule has 0 bridgehead atoms. The molecule has 0 fully saturated rings. The summed E-state index contributed by atoms with van der Waals surface area (Å²) in [6.45, 7) is 14.2. The van der Waals surface area contributed by atoms with Gasteiger partial charge in [-0.05, 0) is 148 Å². The Labute approximate surface area is 319 Å². The number of ether oxygens (including phenoxy) is 4. The molecule has 0 aliphatic carbocycles. The molecule has 9 heteroatoms. The van der Waals surface area contributed by atoms with Gasteiger partial charge in [0.2, 0.25) is 0 Å². The first-order valence-corrected chi connectivity index (χ1v) is 18.2. The van der Waals surface area contributed by atoms with Crippen LogP contribution >= 0.6 is 0 Å². The molecule has 0 atom stereocenters. The molecule has 4 aromatic carbocycles. The summed E-state index contributed by atoms with van der Waals surface area (Å²) in [5.74, 6) is 0.156. The largest absolute Gasteiger partial charge is 0.494 e. The van der Waals surface area contributed by atoms with E-state index >= 15 is 0 Å². The second-order valence-corrected chi connectivity index (χ2v) is 11.8. The van der Waals surface area contributed by atoms with Crippen LogP contribution in [0.3, 0.4) is 0 Å². The summed E-state index contributed by atoms with van der Waals surface area (Å²) >= 11 is 0. The summed E-state index contributed by atoms with van der Waals surface area (Å²) in [5.41, 5.74) is 5.36. The first-order chi connectivity index (χ1) is 26.2. The molecule has 4 aromatic rings. The highest BCUT2D eigenvalue weighted by Crippen LogP contribution is 2.20. The standard InChI is InChI=1S/C41H42N2O7.C4H8/c1-5-29-11-13-32(14-12-29)40(45)49-35-23-15-30(16-24-35)37(6-2)42-43-38(7-3)31-17-25-36(26-18-31)50-41(46)33-19-21-34(22-20-33)47-27-9-10-28-48-39(44)8-4;1-3-4-2/h8,11-26H,4-7,9-10,27-28H2,1-3H3;3-4H,1-2H3/b42-37+,43-38+;4-3-. The first-order valence-electron chi connectivity index (χ1n) is 18.2. The van der Waals surface area contributed by atoms with Crippen molar-refractivity contribution in [2.45, 2.75) is 66.7 Å². The predicted molar refractivity (Wildman–Crippen MR) is 215 cm³/mol. The van der Waals surface area contributed by atoms with Crippen LogP contribution in [0.4, 0.5) is 0 Å². The van der Waals surface area contributed by atoms with E-state index in [4.69, 9.17) is 18.9 Å². The third-order valence-electron chi connectivity index (χ3n) is 8.00. The van der Waals surface area contributed by atoms with Gasteiger partial charge < -0.3 is 18.9 Å². The van der Waals surface area contributed by atoms with Gasteiger partial charge >= 0.3 is 17.9 Å². The predicted octanol–water partition coefficient (Wildman–Crippen LogP) is 10.2. The smallest absolute Gasteiger partial charge is 0.343 e. The Hall–Kier alpha value is -6.09. The molecule has 0 saturated heterocycles. The van der Waals surface area contributed by atoms with Crippen LogP contribution < -0.4 is 14.2 Å². The molecule has 4 rings (SSSR count). The van der Waals surface area contributed by atoms with Gasteiger partial charge in [-0.1, -0.05) is 51.6 Å². The maximum absolute atomic E-state index is 12.7. The molecule has 0 amide bonds. The van der Waals surface area contributed by atoms with E-state index in [2.05, 4.69) is 23.7 Å². The molecule has 0 aliphatic rings. The Kier molecular flexibility index (Phi) is 18.4. The monoisotopic (exact) mass is 730 g/mol. The third-order valence-corrected chi connectivity index (χ3v) is 8.00. The molecule has 0 radical (unpaired) electrons. The van der Waals surface area contributed by atoms with Crippen molar-refractivity contribution in [3.05, 3.63) is 150 Å². The fourth-order valence-electron chi connectivity index (χ4n) is 4.74. The summed E-state index contributed by atoms with van der Waals surface area (Å²) in [6, 6.07) is 28.5. The van der Waals surface area contributed by atoms with Crippen LogP contribution in [0.25, 0.3) is 0 Å². The van der Waals surface area contributed by atoms with Crippen molar-refractivity contribution in [3.63, 3.8) is 0 Å². The molecule has 0 spiro atoms. The molecule has 0 aliphatic heterocycles. The highest BCUT2D eigenvalue weighted by molar-refractivity contribution is 6.03. The molecule has 0 unspecified atom stereocenters. The van der Waals surface area contributed by atoms with E-state index in [1.165, 1.54) is 0 Å². The highest BCUT2D eigenvalue weighted by Gasteiger charge is 2.12. The van der Waals surface area contributed by atoms with Gasteiger partial charge in [0.25, 0.3) is 0 Å². The lowest BCUT2D eigenvalue weighted by molar-refractivity contribution is -0.137. The van der Waals surface area contributed by atoms with Gasteiger partial charge in [0.15, 0.2) is 0 Å². The van der Waals surface area contributed by atoms with Crippen LogP contribution in [-0.2, 0) is 16.0 Å². The molecular formula is C45H50N2O7. The second kappa shape index (κ2) is 23.5. The molecule has 54 heavy (non-hydrogen) atoms. The lowest BCUT2D eigenvalue weighted by Crippen LogP contribution is -2.09. The Bertz CT molecular complexity index is 1870. The van der Waals surface area contributed by atoms with E-state index in [0.717, 1.165) is 40.6 Å².